The number of aryl methyl sites for hydroxylation is 1. The van der Waals surface area contributed by atoms with Crippen molar-refractivity contribution in [2.45, 2.75) is 26.2 Å². The molecule has 0 aliphatic carbocycles. The molecule has 0 radical (unpaired) electrons. The highest BCUT2D eigenvalue weighted by atomic mass is 79.9. The average molecular weight is 350 g/mol. The van der Waals surface area contributed by atoms with Crippen molar-refractivity contribution in [3.8, 4) is 0 Å². The molecule has 0 amide bonds. The monoisotopic (exact) mass is 349 g/mol. The van der Waals surface area contributed by atoms with Gasteiger partial charge >= 0.3 is 0 Å². The zero-order valence-corrected chi connectivity index (χ0v) is 14.1. The fraction of sp³-hybridized carbons (Fsp3) is 0.333. The first-order chi connectivity index (χ1) is 10.1. The molecule has 0 saturated heterocycles. The zero-order chi connectivity index (χ0) is 15.2. The first-order valence-corrected chi connectivity index (χ1v) is 8.10. The quantitative estimate of drug-likeness (QED) is 0.787. The lowest BCUT2D eigenvalue weighted by Gasteiger charge is -2.19. The lowest BCUT2D eigenvalue weighted by Crippen LogP contribution is -2.22. The minimum absolute atomic E-state index is 0.181. The molecular formula is C18H21BrFN. The second-order valence-electron chi connectivity index (χ2n) is 5.36. The van der Waals surface area contributed by atoms with E-state index in [1.807, 2.05) is 0 Å². The van der Waals surface area contributed by atoms with Crippen molar-refractivity contribution in [1.82, 2.24) is 5.32 Å². The van der Waals surface area contributed by atoms with E-state index >= 15 is 0 Å². The summed E-state index contributed by atoms with van der Waals surface area (Å²) >= 11 is 3.52. The normalized spacial score (nSPS) is 12.4. The maximum Gasteiger partial charge on any atom is 0.123 e. The van der Waals surface area contributed by atoms with Gasteiger partial charge in [-0.2, -0.15) is 0 Å². The summed E-state index contributed by atoms with van der Waals surface area (Å²) in [6, 6.07) is 13.5. The highest BCUT2D eigenvalue weighted by Gasteiger charge is 2.14. The van der Waals surface area contributed by atoms with Crippen LogP contribution in [0, 0.1) is 12.7 Å². The molecule has 3 heteroatoms. The lowest BCUT2D eigenvalue weighted by molar-refractivity contribution is 0.587. The molecule has 2 aromatic rings. The van der Waals surface area contributed by atoms with E-state index in [-0.39, 0.29) is 5.82 Å². The summed E-state index contributed by atoms with van der Waals surface area (Å²) in [6.07, 6.45) is 0.814. The van der Waals surface area contributed by atoms with Crippen molar-refractivity contribution in [2.75, 3.05) is 13.1 Å². The predicted octanol–water partition coefficient (Wildman–Crippen LogP) is 4.83. The Morgan fingerprint density at radius 3 is 2.52 bits per heavy atom. The molecule has 2 aromatic carbocycles. The summed E-state index contributed by atoms with van der Waals surface area (Å²) in [4.78, 5) is 0. The van der Waals surface area contributed by atoms with Gasteiger partial charge in [0.05, 0.1) is 0 Å². The summed E-state index contributed by atoms with van der Waals surface area (Å²) in [7, 11) is 0. The number of nitrogens with one attached hydrogen (secondary N) is 1. The Kier molecular flexibility index (Phi) is 5.95. The number of hydrogen-bond donors (Lipinski definition) is 1. The van der Waals surface area contributed by atoms with Crippen molar-refractivity contribution in [1.29, 1.82) is 0 Å². The van der Waals surface area contributed by atoms with Crippen molar-refractivity contribution in [2.24, 2.45) is 0 Å². The SMILES string of the molecule is CCNCC(Cc1cc(F)ccc1Br)c1ccc(C)cc1. The smallest absolute Gasteiger partial charge is 0.123 e. The van der Waals surface area contributed by atoms with E-state index in [1.54, 1.807) is 12.1 Å². The summed E-state index contributed by atoms with van der Waals surface area (Å²) in [5, 5.41) is 3.41. The molecule has 2 rings (SSSR count). The molecule has 0 aliphatic rings. The number of likely N-dealkylation sites (N-methyl/N-ethyl adjacent to an activating group) is 1. The van der Waals surface area contributed by atoms with Crippen molar-refractivity contribution in [3.63, 3.8) is 0 Å². The molecule has 0 heterocycles. The van der Waals surface area contributed by atoms with Gasteiger partial charge in [-0.25, -0.2) is 4.39 Å². The molecule has 1 nitrogen and oxygen atoms in total. The highest BCUT2D eigenvalue weighted by Crippen LogP contribution is 2.26. The van der Waals surface area contributed by atoms with Crippen molar-refractivity contribution in [3.05, 3.63) is 69.4 Å². The van der Waals surface area contributed by atoms with E-state index in [4.69, 9.17) is 0 Å². The van der Waals surface area contributed by atoms with E-state index in [9.17, 15) is 4.39 Å². The molecule has 1 N–H and O–H groups in total. The number of benzene rings is 2. The Morgan fingerprint density at radius 2 is 1.86 bits per heavy atom. The molecule has 1 atom stereocenters. The maximum atomic E-state index is 13.5. The van der Waals surface area contributed by atoms with Gasteiger partial charge in [-0.05, 0) is 49.2 Å². The fourth-order valence-electron chi connectivity index (χ4n) is 2.43. The van der Waals surface area contributed by atoms with Crippen LogP contribution in [-0.2, 0) is 6.42 Å². The van der Waals surface area contributed by atoms with E-state index in [2.05, 4.69) is 59.4 Å². The van der Waals surface area contributed by atoms with Gasteiger partial charge in [0.1, 0.15) is 5.82 Å². The Bertz CT molecular complexity index is 580. The molecular weight excluding hydrogens is 329 g/mol. The minimum Gasteiger partial charge on any atom is -0.316 e. The molecule has 0 aromatic heterocycles. The van der Waals surface area contributed by atoms with Crippen molar-refractivity contribution < 1.29 is 4.39 Å². The first-order valence-electron chi connectivity index (χ1n) is 7.31. The van der Waals surface area contributed by atoms with Gasteiger partial charge in [0.2, 0.25) is 0 Å². The molecule has 0 bridgehead atoms. The second-order valence-corrected chi connectivity index (χ2v) is 6.21. The summed E-state index contributed by atoms with van der Waals surface area (Å²) in [6.45, 7) is 6.02. The van der Waals surface area contributed by atoms with Crippen molar-refractivity contribution >= 4 is 15.9 Å². The molecule has 1 unspecified atom stereocenters. The maximum absolute atomic E-state index is 13.5. The minimum atomic E-state index is -0.181. The summed E-state index contributed by atoms with van der Waals surface area (Å²) in [5.74, 6) is 0.156. The van der Waals surface area contributed by atoms with Crippen LogP contribution in [0.4, 0.5) is 4.39 Å². The van der Waals surface area contributed by atoms with Gasteiger partial charge in [0.15, 0.2) is 0 Å². The van der Waals surface area contributed by atoms with E-state index in [1.165, 1.54) is 17.2 Å². The standard InChI is InChI=1S/C18H21BrFN/c1-3-21-12-16(14-6-4-13(2)5-7-14)10-15-11-17(20)8-9-18(15)19/h4-9,11,16,21H,3,10,12H2,1-2H3. The van der Waals surface area contributed by atoms with Gasteiger partial charge in [0.25, 0.3) is 0 Å². The Labute approximate surface area is 134 Å². The Balaban J connectivity index is 2.23. The fourth-order valence-corrected chi connectivity index (χ4v) is 2.84. The van der Waals surface area contributed by atoms with Crippen LogP contribution in [0.3, 0.4) is 0 Å². The lowest BCUT2D eigenvalue weighted by atomic mass is 9.91. The van der Waals surface area contributed by atoms with Gasteiger partial charge < -0.3 is 5.32 Å². The zero-order valence-electron chi connectivity index (χ0n) is 12.5. The van der Waals surface area contributed by atoms with E-state index in [0.29, 0.717) is 5.92 Å². The predicted molar refractivity (Wildman–Crippen MR) is 90.3 cm³/mol. The third-order valence-corrected chi connectivity index (χ3v) is 4.44. The largest absolute Gasteiger partial charge is 0.316 e. The van der Waals surface area contributed by atoms with E-state index in [0.717, 1.165) is 29.5 Å². The van der Waals surface area contributed by atoms with Gasteiger partial charge in [-0.1, -0.05) is 52.7 Å². The molecule has 0 saturated carbocycles. The molecule has 112 valence electrons. The number of rotatable bonds is 6. The Hall–Kier alpha value is -1.19. The number of halogens is 2. The third kappa shape index (κ3) is 4.65. The molecule has 0 fully saturated rings. The van der Waals surface area contributed by atoms with Crippen LogP contribution < -0.4 is 5.32 Å². The summed E-state index contributed by atoms with van der Waals surface area (Å²) < 4.78 is 14.4. The first kappa shape index (κ1) is 16.2. The molecule has 0 spiro atoms. The van der Waals surface area contributed by atoms with Crippen LogP contribution in [0.5, 0.6) is 0 Å². The molecule has 21 heavy (non-hydrogen) atoms. The van der Waals surface area contributed by atoms with Crippen LogP contribution in [0.15, 0.2) is 46.9 Å². The van der Waals surface area contributed by atoms with Crippen LogP contribution in [0.1, 0.15) is 29.5 Å². The van der Waals surface area contributed by atoms with Crippen LogP contribution in [0.2, 0.25) is 0 Å². The van der Waals surface area contributed by atoms with Gasteiger partial charge in [0, 0.05) is 16.9 Å². The third-order valence-electron chi connectivity index (χ3n) is 3.66. The second kappa shape index (κ2) is 7.71. The Morgan fingerprint density at radius 1 is 1.14 bits per heavy atom. The topological polar surface area (TPSA) is 12.0 Å². The van der Waals surface area contributed by atoms with Crippen LogP contribution in [0.25, 0.3) is 0 Å². The van der Waals surface area contributed by atoms with Crippen LogP contribution >= 0.6 is 15.9 Å². The van der Waals surface area contributed by atoms with Gasteiger partial charge in [-0.15, -0.1) is 0 Å². The van der Waals surface area contributed by atoms with E-state index < -0.39 is 0 Å². The number of hydrogen-bond acceptors (Lipinski definition) is 1. The molecule has 0 aliphatic heterocycles. The van der Waals surface area contributed by atoms with Gasteiger partial charge in [-0.3, -0.25) is 0 Å². The summed E-state index contributed by atoms with van der Waals surface area (Å²) in [5.41, 5.74) is 3.56. The van der Waals surface area contributed by atoms with Crippen LogP contribution in [-0.4, -0.2) is 13.1 Å². The highest BCUT2D eigenvalue weighted by molar-refractivity contribution is 9.10. The average Bonchev–Trinajstić information content (AvgIpc) is 2.48.